The van der Waals surface area contributed by atoms with Gasteiger partial charge in [-0.1, -0.05) is 11.6 Å². The van der Waals surface area contributed by atoms with Crippen LogP contribution in [0, 0.1) is 6.92 Å². The summed E-state index contributed by atoms with van der Waals surface area (Å²) in [5.74, 6) is -0.298. The van der Waals surface area contributed by atoms with Gasteiger partial charge < -0.3 is 4.42 Å². The quantitative estimate of drug-likeness (QED) is 0.714. The van der Waals surface area contributed by atoms with Gasteiger partial charge in [0.25, 0.3) is 6.43 Å². The molecule has 0 spiro atoms. The lowest BCUT2D eigenvalue weighted by Gasteiger charge is -1.94. The van der Waals surface area contributed by atoms with Gasteiger partial charge in [-0.2, -0.15) is 0 Å². The van der Waals surface area contributed by atoms with Gasteiger partial charge in [0, 0.05) is 16.0 Å². The minimum absolute atomic E-state index is 0.298. The van der Waals surface area contributed by atoms with Crippen molar-refractivity contribution >= 4 is 38.5 Å². The summed E-state index contributed by atoms with van der Waals surface area (Å²) in [5, 5.41) is 1.10. The smallest absolute Gasteiger partial charge is 0.295 e. The molecule has 15 heavy (non-hydrogen) atoms. The van der Waals surface area contributed by atoms with Gasteiger partial charge in [0.05, 0.1) is 4.47 Å². The fraction of sp³-hybridized carbons (Fsp3) is 0.200. The predicted molar refractivity (Wildman–Crippen MR) is 58.6 cm³/mol. The largest absolute Gasteiger partial charge is 0.454 e. The molecule has 80 valence electrons. The molecule has 0 unspecified atom stereocenters. The molecule has 1 aromatic carbocycles. The van der Waals surface area contributed by atoms with Crippen molar-refractivity contribution in [1.29, 1.82) is 0 Å². The van der Waals surface area contributed by atoms with Crippen LogP contribution in [0.3, 0.4) is 0 Å². The van der Waals surface area contributed by atoms with Crippen molar-refractivity contribution in [3.05, 3.63) is 33.0 Å². The Morgan fingerprint density at radius 1 is 1.40 bits per heavy atom. The zero-order chi connectivity index (χ0) is 11.2. The third-order valence-electron chi connectivity index (χ3n) is 2.19. The van der Waals surface area contributed by atoms with Crippen LogP contribution < -0.4 is 0 Å². The molecule has 0 amide bonds. The monoisotopic (exact) mass is 294 g/mol. The van der Waals surface area contributed by atoms with E-state index >= 15 is 0 Å². The van der Waals surface area contributed by atoms with Crippen molar-refractivity contribution < 1.29 is 13.2 Å². The SMILES string of the molecule is Cc1c(C(F)F)oc2c(Br)cc(Cl)cc12. The van der Waals surface area contributed by atoms with Crippen molar-refractivity contribution in [2.75, 3.05) is 0 Å². The Balaban J connectivity index is 2.82. The zero-order valence-electron chi connectivity index (χ0n) is 7.65. The molecule has 0 aliphatic carbocycles. The van der Waals surface area contributed by atoms with E-state index in [2.05, 4.69) is 15.9 Å². The van der Waals surface area contributed by atoms with E-state index in [0.717, 1.165) is 0 Å². The van der Waals surface area contributed by atoms with Crippen LogP contribution in [-0.4, -0.2) is 0 Å². The molecule has 0 saturated carbocycles. The first-order chi connectivity index (χ1) is 7.00. The molecule has 1 nitrogen and oxygen atoms in total. The lowest BCUT2D eigenvalue weighted by molar-refractivity contribution is 0.123. The van der Waals surface area contributed by atoms with E-state index in [9.17, 15) is 8.78 Å². The van der Waals surface area contributed by atoms with E-state index in [1.54, 1.807) is 19.1 Å². The van der Waals surface area contributed by atoms with Crippen LogP contribution in [-0.2, 0) is 0 Å². The summed E-state index contributed by atoms with van der Waals surface area (Å²) in [6.07, 6.45) is -2.61. The highest BCUT2D eigenvalue weighted by atomic mass is 79.9. The molecule has 2 aromatic rings. The predicted octanol–water partition coefficient (Wildman–Crippen LogP) is 5.09. The van der Waals surface area contributed by atoms with Crippen LogP contribution in [0.1, 0.15) is 17.7 Å². The average molecular weight is 296 g/mol. The van der Waals surface area contributed by atoms with E-state index in [1.807, 2.05) is 0 Å². The number of furan rings is 1. The van der Waals surface area contributed by atoms with E-state index in [4.69, 9.17) is 16.0 Å². The van der Waals surface area contributed by atoms with Crippen molar-refractivity contribution in [2.24, 2.45) is 0 Å². The molecule has 0 bridgehead atoms. The molecule has 0 atom stereocenters. The maximum atomic E-state index is 12.6. The number of alkyl halides is 2. The Kier molecular flexibility index (Phi) is 2.73. The standard InChI is InChI=1S/C10H6BrClF2O/c1-4-6-2-5(12)3-7(11)9(6)15-8(4)10(13)14/h2-3,10H,1H3. The Labute approximate surface area is 98.1 Å². The van der Waals surface area contributed by atoms with Crippen molar-refractivity contribution in [3.8, 4) is 0 Å². The molecule has 1 aromatic heterocycles. The summed E-state index contributed by atoms with van der Waals surface area (Å²) in [4.78, 5) is 0. The first-order valence-electron chi connectivity index (χ1n) is 4.17. The van der Waals surface area contributed by atoms with Crippen molar-refractivity contribution in [3.63, 3.8) is 0 Å². The number of halogens is 4. The lowest BCUT2D eigenvalue weighted by atomic mass is 10.1. The molecule has 1 heterocycles. The fourth-order valence-electron chi connectivity index (χ4n) is 1.47. The molecule has 5 heteroatoms. The van der Waals surface area contributed by atoms with Crippen LogP contribution in [0.25, 0.3) is 11.0 Å². The third kappa shape index (κ3) is 1.76. The summed E-state index contributed by atoms with van der Waals surface area (Å²) in [5.41, 5.74) is 0.843. The highest BCUT2D eigenvalue weighted by Crippen LogP contribution is 2.37. The molecule has 0 fully saturated rings. The van der Waals surface area contributed by atoms with E-state index in [-0.39, 0.29) is 5.76 Å². The first kappa shape index (κ1) is 10.9. The van der Waals surface area contributed by atoms with Crippen LogP contribution in [0.2, 0.25) is 5.02 Å². The van der Waals surface area contributed by atoms with Crippen LogP contribution in [0.5, 0.6) is 0 Å². The van der Waals surface area contributed by atoms with Crippen molar-refractivity contribution in [1.82, 2.24) is 0 Å². The van der Waals surface area contributed by atoms with Gasteiger partial charge in [-0.3, -0.25) is 0 Å². The topological polar surface area (TPSA) is 13.1 Å². The Hall–Kier alpha value is -0.610. The number of aryl methyl sites for hydroxylation is 1. The van der Waals surface area contributed by atoms with Gasteiger partial charge >= 0.3 is 0 Å². The Morgan fingerprint density at radius 3 is 2.67 bits per heavy atom. The zero-order valence-corrected chi connectivity index (χ0v) is 9.99. The summed E-state index contributed by atoms with van der Waals surface area (Å²) in [6.45, 7) is 1.59. The maximum absolute atomic E-state index is 12.6. The minimum atomic E-state index is -2.61. The van der Waals surface area contributed by atoms with E-state index < -0.39 is 6.43 Å². The second kappa shape index (κ2) is 3.76. The molecular formula is C10H6BrClF2O. The highest BCUT2D eigenvalue weighted by Gasteiger charge is 2.20. The first-order valence-corrected chi connectivity index (χ1v) is 5.34. The molecular weight excluding hydrogens is 289 g/mol. The average Bonchev–Trinajstić information content (AvgIpc) is 2.44. The molecule has 0 radical (unpaired) electrons. The number of hydrogen-bond acceptors (Lipinski definition) is 1. The van der Waals surface area contributed by atoms with E-state index in [0.29, 0.717) is 26.0 Å². The van der Waals surface area contributed by atoms with Gasteiger partial charge in [-0.05, 0) is 35.0 Å². The number of rotatable bonds is 1. The number of hydrogen-bond donors (Lipinski definition) is 0. The minimum Gasteiger partial charge on any atom is -0.454 e. The highest BCUT2D eigenvalue weighted by molar-refractivity contribution is 9.10. The summed E-state index contributed by atoms with van der Waals surface area (Å²) in [7, 11) is 0. The van der Waals surface area contributed by atoms with Crippen LogP contribution in [0.15, 0.2) is 21.0 Å². The van der Waals surface area contributed by atoms with Gasteiger partial charge in [0.15, 0.2) is 5.76 Å². The number of fused-ring (bicyclic) bond motifs is 1. The molecule has 0 N–H and O–H groups in total. The van der Waals surface area contributed by atoms with Gasteiger partial charge in [0.1, 0.15) is 5.58 Å². The van der Waals surface area contributed by atoms with Gasteiger partial charge in [-0.15, -0.1) is 0 Å². The fourth-order valence-corrected chi connectivity index (χ4v) is 2.36. The molecule has 0 saturated heterocycles. The Morgan fingerprint density at radius 2 is 2.07 bits per heavy atom. The summed E-state index contributed by atoms with van der Waals surface area (Å²) in [6, 6.07) is 3.23. The van der Waals surface area contributed by atoms with Crippen LogP contribution >= 0.6 is 27.5 Å². The second-order valence-corrected chi connectivity index (χ2v) is 4.45. The summed E-state index contributed by atoms with van der Waals surface area (Å²) < 4.78 is 30.8. The van der Waals surface area contributed by atoms with Gasteiger partial charge in [0.2, 0.25) is 0 Å². The normalized spacial score (nSPS) is 11.6. The molecule has 0 aliphatic heterocycles. The third-order valence-corrected chi connectivity index (χ3v) is 3.00. The summed E-state index contributed by atoms with van der Waals surface area (Å²) >= 11 is 9.05. The van der Waals surface area contributed by atoms with Crippen molar-refractivity contribution in [2.45, 2.75) is 13.3 Å². The second-order valence-electron chi connectivity index (χ2n) is 3.16. The van der Waals surface area contributed by atoms with Gasteiger partial charge in [-0.25, -0.2) is 8.78 Å². The maximum Gasteiger partial charge on any atom is 0.295 e. The van der Waals surface area contributed by atoms with E-state index in [1.165, 1.54) is 0 Å². The molecule has 2 rings (SSSR count). The lowest BCUT2D eigenvalue weighted by Crippen LogP contribution is -1.81. The number of benzene rings is 1. The molecule has 0 aliphatic rings. The Bertz CT molecular complexity index is 522. The van der Waals surface area contributed by atoms with Crippen LogP contribution in [0.4, 0.5) is 8.78 Å².